The Morgan fingerprint density at radius 1 is 1.03 bits per heavy atom. The minimum atomic E-state index is -4.71. The molecule has 1 saturated heterocycles. The molecule has 1 aliphatic heterocycles. The average molecular weight is 543 g/mol. The smallest absolute Gasteiger partial charge is 0.298 e. The van der Waals surface area contributed by atoms with Crippen LogP contribution >= 0.6 is 0 Å². The van der Waals surface area contributed by atoms with Gasteiger partial charge in [0, 0.05) is 18.5 Å². The maximum absolute atomic E-state index is 14.6. The van der Waals surface area contributed by atoms with Gasteiger partial charge in [0.2, 0.25) is 10.0 Å². The third-order valence-corrected chi connectivity index (χ3v) is 7.83. The second kappa shape index (κ2) is 10.2. The Balaban J connectivity index is 1.50. The first-order valence-electron chi connectivity index (χ1n) is 11.0. The van der Waals surface area contributed by atoms with Crippen LogP contribution in [0.25, 0.3) is 11.3 Å². The monoisotopic (exact) mass is 543 g/mol. The number of hydrogen-bond acceptors (Lipinski definition) is 5. The van der Waals surface area contributed by atoms with Gasteiger partial charge in [0.25, 0.3) is 0 Å². The Labute approximate surface area is 208 Å². The molecule has 0 saturated carbocycles. The van der Waals surface area contributed by atoms with Crippen molar-refractivity contribution in [2.45, 2.75) is 42.5 Å². The zero-order chi connectivity index (χ0) is 27.0. The predicted molar refractivity (Wildman–Crippen MR) is 119 cm³/mol. The van der Waals surface area contributed by atoms with Crippen LogP contribution in [-0.4, -0.2) is 47.2 Å². The zero-order valence-corrected chi connectivity index (χ0v) is 19.7. The van der Waals surface area contributed by atoms with Gasteiger partial charge in [-0.2, -0.15) is 17.5 Å². The molecule has 13 heteroatoms. The molecule has 6 nitrogen and oxygen atoms in total. The number of halogens is 6. The van der Waals surface area contributed by atoms with E-state index < -0.39 is 51.5 Å². The minimum Gasteiger partial charge on any atom is -0.298 e. The summed E-state index contributed by atoms with van der Waals surface area (Å²) in [6.45, 7) is -0.232. The highest BCUT2D eigenvalue weighted by Crippen LogP contribution is 2.31. The van der Waals surface area contributed by atoms with Gasteiger partial charge in [-0.15, -0.1) is 0 Å². The van der Waals surface area contributed by atoms with Gasteiger partial charge in [0.15, 0.2) is 11.5 Å². The van der Waals surface area contributed by atoms with Gasteiger partial charge in [0.1, 0.15) is 23.8 Å². The van der Waals surface area contributed by atoms with Crippen molar-refractivity contribution in [3.05, 3.63) is 77.8 Å². The maximum atomic E-state index is 14.6. The Morgan fingerprint density at radius 2 is 1.73 bits per heavy atom. The van der Waals surface area contributed by atoms with Crippen molar-refractivity contribution in [1.29, 1.82) is 0 Å². The Kier molecular flexibility index (Phi) is 7.38. The number of carbonyl (C=O) groups is 1. The number of rotatable bonds is 7. The lowest BCUT2D eigenvalue weighted by Crippen LogP contribution is -2.44. The molecule has 1 aromatic heterocycles. The molecule has 0 amide bonds. The number of sulfonamides is 1. The fourth-order valence-corrected chi connectivity index (χ4v) is 5.70. The molecule has 3 aromatic rings. The maximum Gasteiger partial charge on any atom is 0.434 e. The summed E-state index contributed by atoms with van der Waals surface area (Å²) >= 11 is 0. The van der Waals surface area contributed by atoms with Crippen LogP contribution in [0.5, 0.6) is 0 Å². The number of aryl methyl sites for hydroxylation is 1. The van der Waals surface area contributed by atoms with Gasteiger partial charge in [-0.05, 0) is 54.8 Å². The van der Waals surface area contributed by atoms with Gasteiger partial charge < -0.3 is 0 Å². The number of hydrogen-bond donors (Lipinski definition) is 0. The third kappa shape index (κ3) is 5.67. The molecule has 0 aliphatic carbocycles. The summed E-state index contributed by atoms with van der Waals surface area (Å²) in [6.07, 6.45) is -5.70. The number of benzene rings is 2. The molecule has 2 heterocycles. The van der Waals surface area contributed by atoms with E-state index in [2.05, 4.69) is 9.97 Å². The van der Waals surface area contributed by atoms with E-state index >= 15 is 0 Å². The topological polar surface area (TPSA) is 80.2 Å². The predicted octanol–water partition coefficient (Wildman–Crippen LogP) is 4.74. The molecule has 37 heavy (non-hydrogen) atoms. The van der Waals surface area contributed by atoms with Gasteiger partial charge >= 0.3 is 6.18 Å². The lowest BCUT2D eigenvalue weighted by molar-refractivity contribution is -0.141. The summed E-state index contributed by atoms with van der Waals surface area (Å²) in [5.74, 6) is -2.13. The van der Waals surface area contributed by atoms with Crippen molar-refractivity contribution in [3.63, 3.8) is 0 Å². The Bertz CT molecular complexity index is 1400. The van der Waals surface area contributed by atoms with Gasteiger partial charge in [-0.25, -0.2) is 26.6 Å². The van der Waals surface area contributed by atoms with E-state index in [0.717, 1.165) is 40.8 Å². The van der Waals surface area contributed by atoms with E-state index in [1.165, 1.54) is 12.1 Å². The molecule has 0 bridgehead atoms. The standard InChI is InChI=1S/C24H19F6N3O3S/c25-15-3-5-16(6-4-15)37(35,36)33-10-9-19(27)23(33)21(34)8-2-14-1-7-18(26)17(11-14)20-12-32-22(13-31-20)24(28,29)30/h1,3-7,11-13,19,23H,2,8-10H2/t19-,23-/m0/s1. The van der Waals surface area contributed by atoms with Crippen molar-refractivity contribution in [1.82, 2.24) is 14.3 Å². The van der Waals surface area contributed by atoms with Crippen LogP contribution in [0.15, 0.2) is 59.8 Å². The second-order valence-corrected chi connectivity index (χ2v) is 10.3. The lowest BCUT2D eigenvalue weighted by Gasteiger charge is -2.24. The second-order valence-electron chi connectivity index (χ2n) is 8.38. The fourth-order valence-electron chi connectivity index (χ4n) is 4.06. The molecule has 0 spiro atoms. The van der Waals surface area contributed by atoms with Crippen molar-refractivity contribution >= 4 is 15.8 Å². The average Bonchev–Trinajstić information content (AvgIpc) is 3.25. The summed E-state index contributed by atoms with van der Waals surface area (Å²) in [4.78, 5) is 19.5. The quantitative estimate of drug-likeness (QED) is 0.402. The van der Waals surface area contributed by atoms with Crippen LogP contribution in [0, 0.1) is 11.6 Å². The molecular formula is C24H19F6N3O3S. The number of Topliss-reactive ketones (excluding diaryl/α,β-unsaturated/α-hetero) is 1. The normalized spacial score (nSPS) is 18.8. The minimum absolute atomic E-state index is 0.0200. The first kappa shape index (κ1) is 26.7. The molecule has 1 fully saturated rings. The summed E-state index contributed by atoms with van der Waals surface area (Å²) in [5, 5.41) is 0. The molecule has 2 aromatic carbocycles. The van der Waals surface area contributed by atoms with E-state index in [9.17, 15) is 39.6 Å². The first-order chi connectivity index (χ1) is 17.4. The van der Waals surface area contributed by atoms with Crippen molar-refractivity contribution in [2.24, 2.45) is 0 Å². The van der Waals surface area contributed by atoms with Crippen molar-refractivity contribution in [3.8, 4) is 11.3 Å². The summed E-state index contributed by atoms with van der Waals surface area (Å²) < 4.78 is 107. The van der Waals surface area contributed by atoms with Gasteiger partial charge in [0.05, 0.1) is 23.0 Å². The van der Waals surface area contributed by atoms with Crippen LogP contribution in [-0.2, 0) is 27.4 Å². The molecule has 4 rings (SSSR count). The molecule has 0 N–H and O–H groups in total. The van der Waals surface area contributed by atoms with Crippen LogP contribution < -0.4 is 0 Å². The number of nitrogens with zero attached hydrogens (tertiary/aromatic N) is 3. The largest absolute Gasteiger partial charge is 0.434 e. The summed E-state index contributed by atoms with van der Waals surface area (Å²) in [5.41, 5.74) is -1.14. The van der Waals surface area contributed by atoms with E-state index in [1.54, 1.807) is 0 Å². The molecule has 0 radical (unpaired) electrons. The van der Waals surface area contributed by atoms with Crippen LogP contribution in [0.3, 0.4) is 0 Å². The molecule has 2 atom stereocenters. The fraction of sp³-hybridized carbons (Fsp3) is 0.292. The molecule has 1 aliphatic rings. The van der Waals surface area contributed by atoms with E-state index in [1.807, 2.05) is 0 Å². The van der Waals surface area contributed by atoms with E-state index in [-0.39, 0.29) is 42.0 Å². The highest BCUT2D eigenvalue weighted by atomic mass is 32.2. The molecular weight excluding hydrogens is 524 g/mol. The zero-order valence-electron chi connectivity index (χ0n) is 18.9. The van der Waals surface area contributed by atoms with Crippen LogP contribution in [0.1, 0.15) is 24.1 Å². The van der Waals surface area contributed by atoms with Crippen molar-refractivity contribution < 1.29 is 39.6 Å². The highest BCUT2D eigenvalue weighted by molar-refractivity contribution is 7.89. The van der Waals surface area contributed by atoms with Crippen LogP contribution in [0.4, 0.5) is 26.3 Å². The molecule has 196 valence electrons. The highest BCUT2D eigenvalue weighted by Gasteiger charge is 2.45. The van der Waals surface area contributed by atoms with Gasteiger partial charge in [-0.1, -0.05) is 6.07 Å². The van der Waals surface area contributed by atoms with E-state index in [0.29, 0.717) is 11.8 Å². The number of carbonyl (C=O) groups excluding carboxylic acids is 1. The summed E-state index contributed by atoms with van der Waals surface area (Å²) in [7, 11) is -4.27. The van der Waals surface area contributed by atoms with Gasteiger partial charge in [-0.3, -0.25) is 9.78 Å². The van der Waals surface area contributed by atoms with E-state index in [4.69, 9.17) is 0 Å². The number of aromatic nitrogens is 2. The number of ketones is 1. The number of alkyl halides is 4. The third-order valence-electron chi connectivity index (χ3n) is 5.94. The molecule has 0 unspecified atom stereocenters. The Morgan fingerprint density at radius 3 is 2.35 bits per heavy atom. The van der Waals surface area contributed by atoms with Crippen molar-refractivity contribution in [2.75, 3.05) is 6.54 Å². The Hall–Kier alpha value is -3.32. The summed E-state index contributed by atoms with van der Waals surface area (Å²) in [6, 6.07) is 6.06. The SMILES string of the molecule is O=C(CCc1ccc(F)c(-c2cnc(C(F)(F)F)cn2)c1)[C@@H]1[C@@H](F)CCN1S(=O)(=O)c1ccc(F)cc1. The van der Waals surface area contributed by atoms with Crippen LogP contribution in [0.2, 0.25) is 0 Å². The lowest BCUT2D eigenvalue weighted by atomic mass is 9.99. The first-order valence-corrected chi connectivity index (χ1v) is 12.4.